The fraction of sp³-hybridized carbons (Fsp3) is 0.333. The van der Waals surface area contributed by atoms with Crippen molar-refractivity contribution >= 4 is 11.9 Å². The van der Waals surface area contributed by atoms with Gasteiger partial charge >= 0.3 is 5.97 Å². The lowest BCUT2D eigenvalue weighted by atomic mass is 10.0. The van der Waals surface area contributed by atoms with E-state index in [2.05, 4.69) is 5.32 Å². The lowest BCUT2D eigenvalue weighted by Crippen LogP contribution is -2.24. The van der Waals surface area contributed by atoms with Gasteiger partial charge in [-0.25, -0.2) is 13.6 Å². The Balaban J connectivity index is 2.50. The zero-order valence-corrected chi connectivity index (χ0v) is 9.59. The van der Waals surface area contributed by atoms with Crippen LogP contribution in [0.2, 0.25) is 0 Å². The first-order chi connectivity index (χ1) is 8.41. The Morgan fingerprint density at radius 1 is 1.44 bits per heavy atom. The monoisotopic (exact) mass is 255 g/mol. The van der Waals surface area contributed by atoms with Gasteiger partial charge in [-0.05, 0) is 30.0 Å². The van der Waals surface area contributed by atoms with E-state index in [4.69, 9.17) is 5.11 Å². The molecule has 1 aliphatic carbocycles. The van der Waals surface area contributed by atoms with Crippen molar-refractivity contribution in [3.63, 3.8) is 0 Å². The van der Waals surface area contributed by atoms with E-state index in [0.717, 1.165) is 6.07 Å². The molecule has 2 N–H and O–H groups in total. The van der Waals surface area contributed by atoms with E-state index in [1.807, 2.05) is 0 Å². The maximum atomic E-state index is 13.9. The summed E-state index contributed by atoms with van der Waals surface area (Å²) in [5, 5.41) is 11.3. The van der Waals surface area contributed by atoms with Gasteiger partial charge in [-0.2, -0.15) is 0 Å². The Morgan fingerprint density at radius 2 is 2.11 bits per heavy atom. The molecular formula is C12H11F2NO3. The van der Waals surface area contributed by atoms with Crippen LogP contribution in [0.3, 0.4) is 0 Å². The van der Waals surface area contributed by atoms with Gasteiger partial charge in [0.15, 0.2) is 0 Å². The zero-order valence-electron chi connectivity index (χ0n) is 9.59. The van der Waals surface area contributed by atoms with E-state index in [0.29, 0.717) is 12.0 Å². The fourth-order valence-electron chi connectivity index (χ4n) is 2.28. The normalized spacial score (nSPS) is 17.4. The molecule has 4 nitrogen and oxygen atoms in total. The standard InChI is InChI=1S/C12H11F2NO3/c1-5(16)15-9-3-2-6-7(9)4-8(13)10(11(6)14)12(17)18/h4,9H,2-3H2,1H3,(H,15,16)(H,17,18). The number of fused-ring (bicyclic) bond motifs is 1. The predicted molar refractivity (Wildman–Crippen MR) is 58.2 cm³/mol. The molecule has 0 radical (unpaired) electrons. The molecule has 1 unspecified atom stereocenters. The van der Waals surface area contributed by atoms with Crippen molar-refractivity contribution in [2.45, 2.75) is 25.8 Å². The predicted octanol–water partition coefficient (Wildman–Crippen LogP) is 1.79. The number of aromatic carboxylic acids is 1. The third-order valence-corrected chi connectivity index (χ3v) is 3.00. The summed E-state index contributed by atoms with van der Waals surface area (Å²) in [6.45, 7) is 1.32. The van der Waals surface area contributed by atoms with E-state index in [-0.39, 0.29) is 17.9 Å². The number of hydrogen-bond donors (Lipinski definition) is 2. The molecule has 1 aromatic carbocycles. The highest BCUT2D eigenvalue weighted by molar-refractivity contribution is 5.89. The van der Waals surface area contributed by atoms with Crippen molar-refractivity contribution < 1.29 is 23.5 Å². The minimum Gasteiger partial charge on any atom is -0.477 e. The van der Waals surface area contributed by atoms with Gasteiger partial charge in [-0.3, -0.25) is 4.79 Å². The Hall–Kier alpha value is -1.98. The molecule has 1 amide bonds. The van der Waals surface area contributed by atoms with Crippen molar-refractivity contribution in [1.82, 2.24) is 5.32 Å². The number of halogens is 2. The molecule has 1 atom stereocenters. The first-order valence-corrected chi connectivity index (χ1v) is 5.43. The maximum Gasteiger partial charge on any atom is 0.341 e. The van der Waals surface area contributed by atoms with Gasteiger partial charge in [0, 0.05) is 6.92 Å². The SMILES string of the molecule is CC(=O)NC1CCc2c1cc(F)c(C(=O)O)c2F. The molecule has 96 valence electrons. The summed E-state index contributed by atoms with van der Waals surface area (Å²) < 4.78 is 27.4. The summed E-state index contributed by atoms with van der Waals surface area (Å²) in [6.07, 6.45) is 0.723. The highest BCUT2D eigenvalue weighted by Crippen LogP contribution is 2.35. The van der Waals surface area contributed by atoms with Crippen LogP contribution >= 0.6 is 0 Å². The van der Waals surface area contributed by atoms with E-state index >= 15 is 0 Å². The zero-order chi connectivity index (χ0) is 13.4. The van der Waals surface area contributed by atoms with Crippen LogP contribution in [0.4, 0.5) is 8.78 Å². The lowest BCUT2D eigenvalue weighted by molar-refractivity contribution is -0.119. The third kappa shape index (κ3) is 1.94. The third-order valence-electron chi connectivity index (χ3n) is 3.00. The van der Waals surface area contributed by atoms with Crippen LogP contribution in [0.1, 0.15) is 40.9 Å². The summed E-state index contributed by atoms with van der Waals surface area (Å²) in [5.74, 6) is -4.08. The van der Waals surface area contributed by atoms with Gasteiger partial charge in [0.1, 0.15) is 17.2 Å². The first kappa shape index (κ1) is 12.5. The van der Waals surface area contributed by atoms with Crippen molar-refractivity contribution in [2.75, 3.05) is 0 Å². The van der Waals surface area contributed by atoms with Gasteiger partial charge in [0.05, 0.1) is 6.04 Å². The van der Waals surface area contributed by atoms with Gasteiger partial charge in [0.25, 0.3) is 0 Å². The summed E-state index contributed by atoms with van der Waals surface area (Å²) in [7, 11) is 0. The topological polar surface area (TPSA) is 66.4 Å². The smallest absolute Gasteiger partial charge is 0.341 e. The number of hydrogen-bond acceptors (Lipinski definition) is 2. The number of benzene rings is 1. The molecule has 0 aromatic heterocycles. The molecule has 1 aromatic rings. The van der Waals surface area contributed by atoms with Crippen molar-refractivity contribution in [3.05, 3.63) is 34.4 Å². The molecule has 0 spiro atoms. The molecule has 0 fully saturated rings. The second kappa shape index (κ2) is 4.36. The average Bonchev–Trinajstić information content (AvgIpc) is 2.60. The number of carboxylic acids is 1. The van der Waals surface area contributed by atoms with E-state index in [9.17, 15) is 18.4 Å². The van der Waals surface area contributed by atoms with E-state index < -0.39 is 29.2 Å². The molecule has 2 rings (SSSR count). The lowest BCUT2D eigenvalue weighted by Gasteiger charge is -2.13. The van der Waals surface area contributed by atoms with Crippen molar-refractivity contribution in [1.29, 1.82) is 0 Å². The molecule has 1 aliphatic rings. The van der Waals surface area contributed by atoms with Crippen LogP contribution in [-0.4, -0.2) is 17.0 Å². The van der Waals surface area contributed by atoms with Gasteiger partial charge in [-0.15, -0.1) is 0 Å². The maximum absolute atomic E-state index is 13.9. The molecule has 0 saturated carbocycles. The molecule has 0 heterocycles. The fourth-order valence-corrected chi connectivity index (χ4v) is 2.28. The van der Waals surface area contributed by atoms with Gasteiger partial charge in [-0.1, -0.05) is 0 Å². The minimum atomic E-state index is -1.63. The number of nitrogens with one attached hydrogen (secondary N) is 1. The van der Waals surface area contributed by atoms with Crippen LogP contribution < -0.4 is 5.32 Å². The van der Waals surface area contributed by atoms with Gasteiger partial charge in [0.2, 0.25) is 5.91 Å². The largest absolute Gasteiger partial charge is 0.477 e. The van der Waals surface area contributed by atoms with Crippen LogP contribution in [0, 0.1) is 11.6 Å². The number of carbonyl (C=O) groups excluding carboxylic acids is 1. The van der Waals surface area contributed by atoms with Crippen molar-refractivity contribution in [2.24, 2.45) is 0 Å². The van der Waals surface area contributed by atoms with E-state index in [1.165, 1.54) is 6.92 Å². The highest BCUT2D eigenvalue weighted by Gasteiger charge is 2.31. The first-order valence-electron chi connectivity index (χ1n) is 5.43. The number of carbonyl (C=O) groups is 2. The van der Waals surface area contributed by atoms with Crippen LogP contribution in [0.25, 0.3) is 0 Å². The Bertz CT molecular complexity index is 543. The number of amides is 1. The van der Waals surface area contributed by atoms with Crippen LogP contribution in [0.5, 0.6) is 0 Å². The summed E-state index contributed by atoms with van der Waals surface area (Å²) in [5.41, 5.74) is -0.435. The number of carboxylic acid groups (broad SMARTS) is 1. The quantitative estimate of drug-likeness (QED) is 0.846. The molecule has 0 saturated heterocycles. The van der Waals surface area contributed by atoms with Crippen LogP contribution in [-0.2, 0) is 11.2 Å². The Morgan fingerprint density at radius 3 is 2.67 bits per heavy atom. The second-order valence-electron chi connectivity index (χ2n) is 4.21. The minimum absolute atomic E-state index is 0.174. The molecular weight excluding hydrogens is 244 g/mol. The molecule has 0 aliphatic heterocycles. The Labute approximate surface area is 102 Å². The second-order valence-corrected chi connectivity index (χ2v) is 4.21. The number of rotatable bonds is 2. The molecule has 0 bridgehead atoms. The summed E-state index contributed by atoms with van der Waals surface area (Å²) in [6, 6.07) is 0.541. The molecule has 18 heavy (non-hydrogen) atoms. The van der Waals surface area contributed by atoms with Crippen LogP contribution in [0.15, 0.2) is 6.07 Å². The summed E-state index contributed by atoms with van der Waals surface area (Å²) >= 11 is 0. The highest BCUT2D eigenvalue weighted by atomic mass is 19.1. The Kier molecular flexibility index (Phi) is 3.02. The van der Waals surface area contributed by atoms with Crippen molar-refractivity contribution in [3.8, 4) is 0 Å². The van der Waals surface area contributed by atoms with Gasteiger partial charge < -0.3 is 10.4 Å². The average molecular weight is 255 g/mol. The van der Waals surface area contributed by atoms with E-state index in [1.54, 1.807) is 0 Å². The molecule has 6 heteroatoms. The summed E-state index contributed by atoms with van der Waals surface area (Å²) in [4.78, 5) is 21.7.